The van der Waals surface area contributed by atoms with Crippen LogP contribution in [0.25, 0.3) is 0 Å². The summed E-state index contributed by atoms with van der Waals surface area (Å²) in [6.45, 7) is 26.4. The molecule has 0 bridgehead atoms. The van der Waals surface area contributed by atoms with Crippen LogP contribution in [0.3, 0.4) is 0 Å². The van der Waals surface area contributed by atoms with Crippen LogP contribution in [-0.2, 0) is 10.8 Å². The van der Waals surface area contributed by atoms with Crippen molar-refractivity contribution >= 4 is 33.5 Å². The van der Waals surface area contributed by atoms with Gasteiger partial charge >= 0.3 is 0 Å². The Bertz CT molecular complexity index is 1420. The number of fused-ring (bicyclic) bond motifs is 5. The zero-order valence-electron chi connectivity index (χ0n) is 32.9. The first-order chi connectivity index (χ1) is 22.8. The van der Waals surface area contributed by atoms with Gasteiger partial charge in [-0.2, -0.15) is 0 Å². The van der Waals surface area contributed by atoms with E-state index in [9.17, 15) is 4.79 Å². The van der Waals surface area contributed by atoms with Crippen LogP contribution in [0.15, 0.2) is 48.5 Å². The summed E-state index contributed by atoms with van der Waals surface area (Å²) in [5.41, 5.74) is 4.29. The van der Waals surface area contributed by atoms with Crippen LogP contribution >= 0.6 is 11.8 Å². The molecule has 6 unspecified atom stereocenters. The molecule has 0 saturated heterocycles. The zero-order chi connectivity index (χ0) is 35.8. The Morgan fingerprint density at radius 1 is 0.857 bits per heavy atom. The highest BCUT2D eigenvalue weighted by molar-refractivity contribution is 8.14. The van der Waals surface area contributed by atoms with Crippen LogP contribution in [0.5, 0.6) is 5.75 Å². The van der Waals surface area contributed by atoms with Gasteiger partial charge in [0.05, 0.1) is 6.10 Å². The first-order valence-electron chi connectivity index (χ1n) is 19.6. The van der Waals surface area contributed by atoms with Gasteiger partial charge in [0.2, 0.25) is 13.4 Å². The molecule has 3 aliphatic carbocycles. The number of hydrogen-bond donors (Lipinski definition) is 0. The molecule has 0 radical (unpaired) electrons. The van der Waals surface area contributed by atoms with Gasteiger partial charge in [-0.05, 0) is 134 Å². The Morgan fingerprint density at radius 3 is 2.20 bits per heavy atom. The molecule has 0 amide bonds. The number of thioether (sulfide) groups is 1. The topological polar surface area (TPSA) is 35.5 Å². The summed E-state index contributed by atoms with van der Waals surface area (Å²) in [5, 5.41) is 0.628. The van der Waals surface area contributed by atoms with Gasteiger partial charge in [0, 0.05) is 11.3 Å². The molecule has 272 valence electrons. The number of unbranched alkanes of at least 4 members (excludes halogenated alkanes) is 3. The highest BCUT2D eigenvalue weighted by Gasteiger charge is 2.58. The molecule has 2 aromatic rings. The van der Waals surface area contributed by atoms with Crippen LogP contribution in [0.4, 0.5) is 0 Å². The lowest BCUT2D eigenvalue weighted by Crippen LogP contribution is -2.51. The van der Waals surface area contributed by atoms with Crippen LogP contribution in [0.2, 0.25) is 36.3 Å². The lowest BCUT2D eigenvalue weighted by molar-refractivity contribution is -0.0344. The third kappa shape index (κ3) is 8.49. The van der Waals surface area contributed by atoms with Gasteiger partial charge in [-0.3, -0.25) is 4.79 Å². The van der Waals surface area contributed by atoms with Crippen molar-refractivity contribution in [1.82, 2.24) is 0 Å². The van der Waals surface area contributed by atoms with Crippen molar-refractivity contribution in [3.8, 4) is 5.75 Å². The van der Waals surface area contributed by atoms with Gasteiger partial charge in [-0.1, -0.05) is 116 Å². The van der Waals surface area contributed by atoms with E-state index in [2.05, 4.69) is 92.9 Å². The van der Waals surface area contributed by atoms with E-state index < -0.39 is 16.6 Å². The number of rotatable bonds is 12. The summed E-state index contributed by atoms with van der Waals surface area (Å²) in [6.07, 6.45) is 12.9. The van der Waals surface area contributed by atoms with Crippen molar-refractivity contribution in [2.24, 2.45) is 23.2 Å². The quantitative estimate of drug-likeness (QED) is 0.162. The molecule has 6 heteroatoms. The molecule has 6 atom stereocenters. The van der Waals surface area contributed by atoms with Gasteiger partial charge < -0.3 is 8.85 Å². The second-order valence-electron chi connectivity index (χ2n) is 19.2. The highest BCUT2D eigenvalue weighted by atomic mass is 32.2. The average Bonchev–Trinajstić information content (AvgIpc) is 3.34. The second-order valence-corrected chi connectivity index (χ2v) is 29.7. The van der Waals surface area contributed by atoms with Crippen molar-refractivity contribution in [3.63, 3.8) is 0 Å². The lowest BCUT2D eigenvalue weighted by atomic mass is 9.52. The molecule has 0 N–H and O–H groups in total. The maximum atomic E-state index is 12.5. The van der Waals surface area contributed by atoms with E-state index in [1.165, 1.54) is 69.5 Å². The predicted octanol–water partition coefficient (Wildman–Crippen LogP) is 13.1. The van der Waals surface area contributed by atoms with E-state index in [0.717, 1.165) is 35.3 Å². The largest absolute Gasteiger partial charge is 0.543 e. The second kappa shape index (κ2) is 14.9. The summed E-state index contributed by atoms with van der Waals surface area (Å²) >= 11 is 1.49. The molecule has 3 aliphatic rings. The first-order valence-corrected chi connectivity index (χ1v) is 26.4. The zero-order valence-corrected chi connectivity index (χ0v) is 35.7. The molecule has 2 aromatic carbocycles. The number of carbonyl (C=O) groups excluding carboxylic acids is 1. The molecule has 0 aromatic heterocycles. The average molecular weight is 721 g/mol. The van der Waals surface area contributed by atoms with E-state index in [0.29, 0.717) is 17.9 Å². The minimum atomic E-state index is -1.91. The summed E-state index contributed by atoms with van der Waals surface area (Å²) < 4.78 is 14.1. The summed E-state index contributed by atoms with van der Waals surface area (Å²) in [4.78, 5) is 12.5. The Morgan fingerprint density at radius 2 is 1.53 bits per heavy atom. The molecular weight excluding hydrogens is 653 g/mol. The Kier molecular flexibility index (Phi) is 11.9. The number of benzene rings is 2. The fraction of sp³-hybridized carbons (Fsp3) is 0.698. The minimum absolute atomic E-state index is 0.184. The van der Waals surface area contributed by atoms with E-state index in [4.69, 9.17) is 8.85 Å². The van der Waals surface area contributed by atoms with Crippen molar-refractivity contribution in [2.75, 3.05) is 5.75 Å². The van der Waals surface area contributed by atoms with Gasteiger partial charge in [0.15, 0.2) is 8.32 Å². The molecule has 0 spiro atoms. The molecule has 0 heterocycles. The fourth-order valence-corrected chi connectivity index (χ4v) is 12.2. The Hall–Kier alpha value is -1.35. The maximum Gasteiger partial charge on any atom is 0.250 e. The molecular formula is C43H68O3SSi2. The lowest BCUT2D eigenvalue weighted by Gasteiger charge is -2.54. The third-order valence-electron chi connectivity index (χ3n) is 13.9. The van der Waals surface area contributed by atoms with E-state index in [-0.39, 0.29) is 20.6 Å². The van der Waals surface area contributed by atoms with Crippen LogP contribution in [-0.4, -0.2) is 33.6 Å². The molecule has 2 saturated carbocycles. The monoisotopic (exact) mass is 720 g/mol. The molecule has 2 fully saturated rings. The Balaban J connectivity index is 1.30. The van der Waals surface area contributed by atoms with Gasteiger partial charge in [0.25, 0.3) is 0 Å². The molecule has 0 aliphatic heterocycles. The van der Waals surface area contributed by atoms with Crippen molar-refractivity contribution in [3.05, 3.63) is 65.2 Å². The third-order valence-corrected chi connectivity index (χ3v) is 23.8. The number of carbonyl (C=O) groups is 1. The maximum absolute atomic E-state index is 12.5. The minimum Gasteiger partial charge on any atom is -0.543 e. The molecule has 3 nitrogen and oxygen atoms in total. The van der Waals surface area contributed by atoms with Crippen LogP contribution in [0.1, 0.15) is 134 Å². The van der Waals surface area contributed by atoms with Crippen molar-refractivity contribution in [1.29, 1.82) is 0 Å². The first kappa shape index (κ1) is 38.9. The van der Waals surface area contributed by atoms with E-state index >= 15 is 0 Å². The predicted molar refractivity (Wildman–Crippen MR) is 216 cm³/mol. The SMILES string of the molecule is CC12CCC3c4ccc(O[Si](C)(C)C(C)(C)C)cc4CC(CCCCCCSC(=O)c4ccccc4)C3C1CCC2O[Si](C)(C)C(C)(C)C. The van der Waals surface area contributed by atoms with Crippen molar-refractivity contribution in [2.45, 2.75) is 161 Å². The molecule has 49 heavy (non-hydrogen) atoms. The normalized spacial score (nSPS) is 27.3. The summed E-state index contributed by atoms with van der Waals surface area (Å²) in [7, 11) is -3.76. The van der Waals surface area contributed by atoms with Gasteiger partial charge in [-0.25, -0.2) is 0 Å². The van der Waals surface area contributed by atoms with Gasteiger partial charge in [-0.15, -0.1) is 0 Å². The number of hydrogen-bond acceptors (Lipinski definition) is 4. The smallest absolute Gasteiger partial charge is 0.250 e. The Labute approximate surface area is 306 Å². The van der Waals surface area contributed by atoms with E-state index in [1.807, 2.05) is 30.3 Å². The fourth-order valence-electron chi connectivity index (χ4n) is 8.92. The summed E-state index contributed by atoms with van der Waals surface area (Å²) in [5.74, 6) is 4.86. The highest BCUT2D eigenvalue weighted by Crippen LogP contribution is 2.64. The molecule has 5 rings (SSSR count). The van der Waals surface area contributed by atoms with Crippen molar-refractivity contribution < 1.29 is 13.6 Å². The van der Waals surface area contributed by atoms with E-state index in [1.54, 1.807) is 11.1 Å². The van der Waals surface area contributed by atoms with Gasteiger partial charge in [0.1, 0.15) is 5.75 Å². The van der Waals surface area contributed by atoms with Crippen LogP contribution in [0, 0.1) is 23.2 Å². The summed E-state index contributed by atoms with van der Waals surface area (Å²) in [6, 6.07) is 17.0. The standard InChI is InChI=1S/C43H68O3SSi2/c1-41(2,3)48(8,9)45-34-22-23-35-33(30-34)29-32(21-15-12-13-18-28-47-40(44)31-19-16-14-17-20-31)39-36(35)26-27-43(7)37(39)24-25-38(43)46-49(10,11)42(4,5)6/h14,16-17,19-20,22-23,30,32,36-39H,12-13,15,18,21,24-29H2,1-11H3. The van der Waals surface area contributed by atoms with Crippen LogP contribution < -0.4 is 4.43 Å².